The smallest absolute Gasteiger partial charge is 0.301 e. The molecule has 4 heterocycles. The van der Waals surface area contributed by atoms with E-state index in [9.17, 15) is 27.3 Å². The number of nitrogens with zero attached hydrogens (tertiary/aromatic N) is 4. The van der Waals surface area contributed by atoms with Crippen molar-refractivity contribution in [3.8, 4) is 17.6 Å². The minimum Gasteiger partial charge on any atom is -0.453 e. The van der Waals surface area contributed by atoms with Gasteiger partial charge in [0.05, 0.1) is 41.2 Å². The maximum absolute atomic E-state index is 14.9. The second-order valence-corrected chi connectivity index (χ2v) is 12.3. The van der Waals surface area contributed by atoms with Crippen LogP contribution in [0.2, 0.25) is 0 Å². The van der Waals surface area contributed by atoms with Gasteiger partial charge in [-0.2, -0.15) is 18.0 Å². The third kappa shape index (κ3) is 5.26. The Morgan fingerprint density at radius 2 is 2.05 bits per heavy atom. The van der Waals surface area contributed by atoms with E-state index >= 15 is 0 Å². The van der Waals surface area contributed by atoms with Gasteiger partial charge in [0.2, 0.25) is 0 Å². The number of hydrogen-bond donors (Lipinski definition) is 2. The molecule has 3 aliphatic heterocycles. The molecule has 0 radical (unpaired) electrons. The lowest BCUT2D eigenvalue weighted by atomic mass is 9.88. The number of halogens is 2. The fraction of sp³-hybridized carbons (Fsp3) is 0.444. The molecule has 3 saturated heterocycles. The number of anilines is 1. The molecule has 0 aliphatic carbocycles. The van der Waals surface area contributed by atoms with Gasteiger partial charge in [-0.1, -0.05) is 0 Å². The van der Waals surface area contributed by atoms with Crippen molar-refractivity contribution in [2.75, 3.05) is 37.5 Å². The van der Waals surface area contributed by atoms with Gasteiger partial charge in [0, 0.05) is 13.1 Å². The summed E-state index contributed by atoms with van der Waals surface area (Å²) in [5.41, 5.74) is -0.768. The average molecular weight is 587 g/mol. The van der Waals surface area contributed by atoms with Gasteiger partial charge >= 0.3 is 10.2 Å². The molecular formula is C27H28F2N6O5S. The van der Waals surface area contributed by atoms with E-state index in [-0.39, 0.29) is 53.5 Å². The predicted molar refractivity (Wildman–Crippen MR) is 145 cm³/mol. The van der Waals surface area contributed by atoms with Crippen LogP contribution in [0.3, 0.4) is 0 Å². The van der Waals surface area contributed by atoms with Crippen molar-refractivity contribution in [2.24, 2.45) is 0 Å². The summed E-state index contributed by atoms with van der Waals surface area (Å²) in [5, 5.41) is 13.4. The van der Waals surface area contributed by atoms with Crippen LogP contribution in [0.5, 0.6) is 11.5 Å². The first-order chi connectivity index (χ1) is 19.7. The van der Waals surface area contributed by atoms with Gasteiger partial charge in [-0.05, 0) is 69.1 Å². The highest BCUT2D eigenvalue weighted by Gasteiger charge is 2.42. The maximum atomic E-state index is 14.9. The number of aromatic nitrogens is 2. The number of nitrogens with one attached hydrogen (secondary N) is 2. The van der Waals surface area contributed by atoms with E-state index in [1.54, 1.807) is 16.7 Å². The first kappa shape index (κ1) is 27.5. The van der Waals surface area contributed by atoms with Gasteiger partial charge in [0.15, 0.2) is 11.6 Å². The Hall–Kier alpha value is -3.64. The summed E-state index contributed by atoms with van der Waals surface area (Å²) in [6.07, 6.45) is 2.72. The molecule has 0 amide bonds. The van der Waals surface area contributed by atoms with Gasteiger partial charge in [0.1, 0.15) is 23.6 Å². The monoisotopic (exact) mass is 586 g/mol. The molecule has 2 N–H and O–H groups in total. The Morgan fingerprint density at radius 1 is 1.24 bits per heavy atom. The van der Waals surface area contributed by atoms with Gasteiger partial charge < -0.3 is 14.8 Å². The first-order valence-electron chi connectivity index (χ1n) is 13.4. The molecule has 11 nitrogen and oxygen atoms in total. The summed E-state index contributed by atoms with van der Waals surface area (Å²) in [4.78, 5) is 17.9. The SMILES string of the molecule is N#Cc1c(NS(=O)(=O)N2CC[C@@H](F)C2)ccc(F)c1Oc1ccc2ncn([C@H]3COC4(CCNCC4)C3)c(=O)c2c1. The number of piperidine rings is 1. The zero-order chi connectivity index (χ0) is 28.8. The molecule has 14 heteroatoms. The van der Waals surface area contributed by atoms with Crippen molar-refractivity contribution in [3.05, 3.63) is 58.4 Å². The van der Waals surface area contributed by atoms with E-state index in [4.69, 9.17) is 9.47 Å². The van der Waals surface area contributed by atoms with Crippen LogP contribution in [0.25, 0.3) is 10.9 Å². The molecular weight excluding hydrogens is 558 g/mol. The molecule has 216 valence electrons. The molecule has 3 fully saturated rings. The van der Waals surface area contributed by atoms with Crippen molar-refractivity contribution in [2.45, 2.75) is 43.5 Å². The zero-order valence-corrected chi connectivity index (χ0v) is 22.8. The summed E-state index contributed by atoms with van der Waals surface area (Å²) >= 11 is 0. The van der Waals surface area contributed by atoms with Gasteiger partial charge in [-0.15, -0.1) is 0 Å². The molecule has 0 saturated carbocycles. The van der Waals surface area contributed by atoms with Crippen molar-refractivity contribution in [1.82, 2.24) is 19.2 Å². The molecule has 0 bridgehead atoms. The van der Waals surface area contributed by atoms with E-state index in [2.05, 4.69) is 15.0 Å². The molecule has 0 unspecified atom stereocenters. The van der Waals surface area contributed by atoms with Gasteiger partial charge in [-0.3, -0.25) is 14.1 Å². The number of alkyl halides is 1. The Kier molecular flexibility index (Phi) is 7.14. The van der Waals surface area contributed by atoms with E-state index in [0.717, 1.165) is 42.4 Å². The first-order valence-corrected chi connectivity index (χ1v) is 14.8. The molecule has 6 rings (SSSR count). The number of fused-ring (bicyclic) bond motifs is 1. The third-order valence-electron chi connectivity index (χ3n) is 7.97. The second kappa shape index (κ2) is 10.6. The fourth-order valence-corrected chi connectivity index (χ4v) is 7.03. The van der Waals surface area contributed by atoms with E-state index < -0.39 is 33.5 Å². The van der Waals surface area contributed by atoms with Crippen LogP contribution in [0.4, 0.5) is 14.5 Å². The summed E-state index contributed by atoms with van der Waals surface area (Å²) in [6.45, 7) is 1.79. The van der Waals surface area contributed by atoms with Crippen LogP contribution in [-0.4, -0.2) is 66.8 Å². The minimum atomic E-state index is -4.19. The quantitative estimate of drug-likeness (QED) is 0.450. The lowest BCUT2D eigenvalue weighted by molar-refractivity contribution is -0.0196. The minimum absolute atomic E-state index is 0.0171. The van der Waals surface area contributed by atoms with Crippen LogP contribution >= 0.6 is 0 Å². The zero-order valence-electron chi connectivity index (χ0n) is 22.0. The number of hydrogen-bond acceptors (Lipinski definition) is 8. The van der Waals surface area contributed by atoms with Crippen LogP contribution < -0.4 is 20.3 Å². The summed E-state index contributed by atoms with van der Waals surface area (Å²) in [7, 11) is -4.19. The number of benzene rings is 2. The van der Waals surface area contributed by atoms with Crippen molar-refractivity contribution < 1.29 is 26.7 Å². The number of nitriles is 1. The van der Waals surface area contributed by atoms with E-state index in [1.165, 1.54) is 18.5 Å². The van der Waals surface area contributed by atoms with E-state index in [0.29, 0.717) is 18.5 Å². The predicted octanol–water partition coefficient (Wildman–Crippen LogP) is 2.98. The maximum Gasteiger partial charge on any atom is 0.301 e. The highest BCUT2D eigenvalue weighted by molar-refractivity contribution is 7.90. The second-order valence-electron chi connectivity index (χ2n) is 10.6. The Morgan fingerprint density at radius 3 is 2.78 bits per heavy atom. The number of ether oxygens (including phenoxy) is 2. The van der Waals surface area contributed by atoms with Crippen LogP contribution in [-0.2, 0) is 14.9 Å². The average Bonchev–Trinajstić information content (AvgIpc) is 3.58. The van der Waals surface area contributed by atoms with Gasteiger partial charge in [0.25, 0.3) is 5.56 Å². The van der Waals surface area contributed by atoms with Crippen molar-refractivity contribution in [1.29, 1.82) is 5.26 Å². The number of rotatable bonds is 6. The van der Waals surface area contributed by atoms with Crippen molar-refractivity contribution >= 4 is 26.8 Å². The standard InChI is InChI=1S/C27H28F2N6O5S/c28-17-5-10-34(14-17)41(37,38)33-24-4-2-22(29)25(21(24)13-30)40-19-1-3-23-20(11-19)26(36)35(16-32-23)18-12-27(39-15-18)6-8-31-9-7-27/h1-4,11,16-18,31,33H,5-10,12,14-15H2/t17-,18-/m1/s1. The molecule has 1 aromatic heterocycles. The summed E-state index contributed by atoms with van der Waals surface area (Å²) < 4.78 is 70.6. The highest BCUT2D eigenvalue weighted by atomic mass is 32.2. The molecule has 3 aromatic rings. The Balaban J connectivity index is 1.29. The Labute approximate surface area is 234 Å². The normalized spacial score (nSPS) is 22.7. The molecule has 2 aromatic carbocycles. The summed E-state index contributed by atoms with van der Waals surface area (Å²) in [5.74, 6) is -1.37. The summed E-state index contributed by atoms with van der Waals surface area (Å²) in [6, 6.07) is 8.11. The van der Waals surface area contributed by atoms with Crippen LogP contribution in [0.15, 0.2) is 41.5 Å². The molecule has 2 atom stereocenters. The highest BCUT2D eigenvalue weighted by Crippen LogP contribution is 2.39. The topological polar surface area (TPSA) is 139 Å². The molecule has 41 heavy (non-hydrogen) atoms. The third-order valence-corrected chi connectivity index (χ3v) is 9.45. The fourth-order valence-electron chi connectivity index (χ4n) is 5.75. The molecule has 3 aliphatic rings. The molecule has 1 spiro atoms. The Bertz CT molecular complexity index is 1700. The largest absolute Gasteiger partial charge is 0.453 e. The lowest BCUT2D eigenvalue weighted by Gasteiger charge is -2.32. The lowest BCUT2D eigenvalue weighted by Crippen LogP contribution is -2.41. The van der Waals surface area contributed by atoms with Gasteiger partial charge in [-0.25, -0.2) is 13.8 Å². The van der Waals surface area contributed by atoms with Crippen LogP contribution in [0, 0.1) is 17.1 Å². The van der Waals surface area contributed by atoms with E-state index in [1.807, 2.05) is 0 Å². The van der Waals surface area contributed by atoms with Crippen molar-refractivity contribution in [3.63, 3.8) is 0 Å². The van der Waals surface area contributed by atoms with Crippen LogP contribution in [0.1, 0.15) is 37.3 Å².